The molecule has 2 heterocycles. The number of fused-ring (bicyclic) bond motifs is 1. The SMILES string of the molecule is CCCCn1c(SCC(=O)Nc2c(C)cccc2CC)nc2sc(C)c(C)c2c1=O. The highest BCUT2D eigenvalue weighted by molar-refractivity contribution is 7.99. The first-order valence-electron chi connectivity index (χ1n) is 10.4. The molecular weight excluding hydrogens is 414 g/mol. The zero-order chi connectivity index (χ0) is 21.8. The minimum absolute atomic E-state index is 0.00498. The number of anilines is 1. The van der Waals surface area contributed by atoms with E-state index in [-0.39, 0.29) is 17.2 Å². The zero-order valence-corrected chi connectivity index (χ0v) is 19.9. The molecule has 0 bridgehead atoms. The van der Waals surface area contributed by atoms with Crippen LogP contribution in [0, 0.1) is 20.8 Å². The second-order valence-electron chi connectivity index (χ2n) is 7.47. The van der Waals surface area contributed by atoms with Crippen LogP contribution in [0.2, 0.25) is 0 Å². The van der Waals surface area contributed by atoms with Gasteiger partial charge in [-0.1, -0.05) is 50.2 Å². The molecule has 0 saturated heterocycles. The molecular formula is C23H29N3O2S2. The van der Waals surface area contributed by atoms with Crippen LogP contribution in [0.15, 0.2) is 28.2 Å². The molecule has 2 aromatic heterocycles. The van der Waals surface area contributed by atoms with E-state index in [0.29, 0.717) is 11.7 Å². The minimum Gasteiger partial charge on any atom is -0.325 e. The molecule has 1 amide bonds. The van der Waals surface area contributed by atoms with Crippen molar-refractivity contribution in [1.82, 2.24) is 9.55 Å². The lowest BCUT2D eigenvalue weighted by Crippen LogP contribution is -2.24. The summed E-state index contributed by atoms with van der Waals surface area (Å²) >= 11 is 2.88. The quantitative estimate of drug-likeness (QED) is 0.370. The van der Waals surface area contributed by atoms with E-state index in [1.54, 1.807) is 15.9 Å². The van der Waals surface area contributed by atoms with Crippen LogP contribution in [0.4, 0.5) is 5.69 Å². The number of unbranched alkanes of at least 4 members (excludes halogenated alkanes) is 1. The van der Waals surface area contributed by atoms with E-state index in [2.05, 4.69) is 19.2 Å². The molecule has 5 nitrogen and oxygen atoms in total. The van der Waals surface area contributed by atoms with Crippen molar-refractivity contribution < 1.29 is 4.79 Å². The van der Waals surface area contributed by atoms with Gasteiger partial charge in [-0.15, -0.1) is 11.3 Å². The largest absolute Gasteiger partial charge is 0.325 e. The fourth-order valence-electron chi connectivity index (χ4n) is 3.44. The van der Waals surface area contributed by atoms with Gasteiger partial charge < -0.3 is 5.32 Å². The van der Waals surface area contributed by atoms with Gasteiger partial charge in [0.15, 0.2) is 5.16 Å². The highest BCUT2D eigenvalue weighted by atomic mass is 32.2. The number of rotatable bonds is 8. The van der Waals surface area contributed by atoms with Crippen molar-refractivity contribution in [2.24, 2.45) is 0 Å². The Kier molecular flexibility index (Phi) is 7.36. The number of benzene rings is 1. The Balaban J connectivity index is 1.86. The average molecular weight is 444 g/mol. The van der Waals surface area contributed by atoms with Crippen molar-refractivity contribution in [3.05, 3.63) is 50.1 Å². The van der Waals surface area contributed by atoms with Gasteiger partial charge in [-0.05, 0) is 50.3 Å². The Labute approximate surface area is 185 Å². The van der Waals surface area contributed by atoms with Gasteiger partial charge >= 0.3 is 0 Å². The third-order valence-electron chi connectivity index (χ3n) is 5.33. The standard InChI is InChI=1S/C23H29N3O2S2/c1-6-8-12-26-22(28)19-15(4)16(5)30-21(19)25-23(26)29-13-18(27)24-20-14(3)10-9-11-17(20)7-2/h9-11H,6-8,12-13H2,1-5H3,(H,24,27). The first-order valence-corrected chi connectivity index (χ1v) is 12.2. The van der Waals surface area contributed by atoms with Crippen molar-refractivity contribution in [2.75, 3.05) is 11.1 Å². The predicted molar refractivity (Wildman–Crippen MR) is 128 cm³/mol. The first kappa shape index (κ1) is 22.6. The normalized spacial score (nSPS) is 11.2. The number of thioether (sulfide) groups is 1. The van der Waals surface area contributed by atoms with Crippen molar-refractivity contribution in [3.8, 4) is 0 Å². The van der Waals surface area contributed by atoms with Crippen LogP contribution >= 0.6 is 23.1 Å². The van der Waals surface area contributed by atoms with E-state index in [1.165, 1.54) is 11.8 Å². The summed E-state index contributed by atoms with van der Waals surface area (Å²) in [5.74, 6) is 0.129. The number of nitrogens with zero attached hydrogens (tertiary/aromatic N) is 2. The lowest BCUT2D eigenvalue weighted by Gasteiger charge is -2.14. The predicted octanol–water partition coefficient (Wildman–Crippen LogP) is 5.48. The van der Waals surface area contributed by atoms with Gasteiger partial charge in [0.25, 0.3) is 5.56 Å². The van der Waals surface area contributed by atoms with Crippen LogP contribution in [-0.4, -0.2) is 21.2 Å². The van der Waals surface area contributed by atoms with E-state index in [0.717, 1.165) is 56.7 Å². The third kappa shape index (κ3) is 4.62. The number of carbonyl (C=O) groups excluding carboxylic acids is 1. The Morgan fingerprint density at radius 3 is 2.70 bits per heavy atom. The average Bonchev–Trinajstić information content (AvgIpc) is 3.01. The van der Waals surface area contributed by atoms with Crippen molar-refractivity contribution >= 4 is 44.9 Å². The molecule has 3 rings (SSSR count). The number of hydrogen-bond acceptors (Lipinski definition) is 5. The summed E-state index contributed by atoms with van der Waals surface area (Å²) in [4.78, 5) is 32.5. The minimum atomic E-state index is -0.0843. The third-order valence-corrected chi connectivity index (χ3v) is 7.40. The molecule has 1 aromatic carbocycles. The Bertz CT molecular complexity index is 1130. The molecule has 3 aromatic rings. The second-order valence-corrected chi connectivity index (χ2v) is 9.61. The van der Waals surface area contributed by atoms with Crippen LogP contribution < -0.4 is 10.9 Å². The van der Waals surface area contributed by atoms with Gasteiger partial charge in [-0.25, -0.2) is 4.98 Å². The Morgan fingerprint density at radius 1 is 1.23 bits per heavy atom. The van der Waals surface area contributed by atoms with Crippen LogP contribution in [0.25, 0.3) is 10.2 Å². The lowest BCUT2D eigenvalue weighted by atomic mass is 10.1. The second kappa shape index (κ2) is 9.79. The van der Waals surface area contributed by atoms with Crippen molar-refractivity contribution in [1.29, 1.82) is 0 Å². The number of hydrogen-bond donors (Lipinski definition) is 1. The summed E-state index contributed by atoms with van der Waals surface area (Å²) < 4.78 is 1.74. The number of amides is 1. The molecule has 7 heteroatoms. The molecule has 0 radical (unpaired) electrons. The van der Waals surface area contributed by atoms with E-state index in [1.807, 2.05) is 39.0 Å². The van der Waals surface area contributed by atoms with E-state index >= 15 is 0 Å². The molecule has 0 saturated carbocycles. The summed E-state index contributed by atoms with van der Waals surface area (Å²) in [6.07, 6.45) is 2.75. The summed E-state index contributed by atoms with van der Waals surface area (Å²) in [6.45, 7) is 10.8. The van der Waals surface area contributed by atoms with Crippen molar-refractivity contribution in [2.45, 2.75) is 65.6 Å². The molecule has 1 N–H and O–H groups in total. The number of aryl methyl sites for hydroxylation is 4. The van der Waals surface area contributed by atoms with E-state index in [4.69, 9.17) is 4.98 Å². The van der Waals surface area contributed by atoms with E-state index < -0.39 is 0 Å². The van der Waals surface area contributed by atoms with Crippen LogP contribution in [-0.2, 0) is 17.8 Å². The summed E-state index contributed by atoms with van der Waals surface area (Å²) in [5.41, 5.74) is 4.08. The van der Waals surface area contributed by atoms with Gasteiger partial charge in [0.05, 0.1) is 11.1 Å². The van der Waals surface area contributed by atoms with Crippen LogP contribution in [0.1, 0.15) is 48.3 Å². The molecule has 160 valence electrons. The topological polar surface area (TPSA) is 64.0 Å². The Morgan fingerprint density at radius 2 is 2.00 bits per heavy atom. The van der Waals surface area contributed by atoms with E-state index in [9.17, 15) is 9.59 Å². The van der Waals surface area contributed by atoms with Crippen LogP contribution in [0.3, 0.4) is 0 Å². The summed E-state index contributed by atoms with van der Waals surface area (Å²) in [6, 6.07) is 6.05. The van der Waals surface area contributed by atoms with Gasteiger partial charge in [-0.3, -0.25) is 14.2 Å². The molecule has 0 aliphatic carbocycles. The van der Waals surface area contributed by atoms with Crippen LogP contribution in [0.5, 0.6) is 0 Å². The number of carbonyl (C=O) groups is 1. The maximum absolute atomic E-state index is 13.2. The number of para-hydroxylation sites is 1. The number of aromatic nitrogens is 2. The monoisotopic (exact) mass is 443 g/mol. The maximum atomic E-state index is 13.2. The highest BCUT2D eigenvalue weighted by Gasteiger charge is 2.18. The number of thiophene rings is 1. The molecule has 30 heavy (non-hydrogen) atoms. The van der Waals surface area contributed by atoms with Gasteiger partial charge in [0, 0.05) is 17.1 Å². The Hall–Kier alpha value is -2.12. The lowest BCUT2D eigenvalue weighted by molar-refractivity contribution is -0.113. The molecule has 0 aliphatic rings. The highest BCUT2D eigenvalue weighted by Crippen LogP contribution is 2.29. The van der Waals surface area contributed by atoms with Gasteiger partial charge in [0.1, 0.15) is 4.83 Å². The smallest absolute Gasteiger partial charge is 0.263 e. The fourth-order valence-corrected chi connectivity index (χ4v) is 5.34. The first-order chi connectivity index (χ1) is 14.4. The van der Waals surface area contributed by atoms with Gasteiger partial charge in [-0.2, -0.15) is 0 Å². The molecule has 0 unspecified atom stereocenters. The fraction of sp³-hybridized carbons (Fsp3) is 0.435. The summed E-state index contributed by atoms with van der Waals surface area (Å²) in [5, 5.41) is 4.40. The molecule has 0 atom stereocenters. The maximum Gasteiger partial charge on any atom is 0.263 e. The van der Waals surface area contributed by atoms with Crippen molar-refractivity contribution in [3.63, 3.8) is 0 Å². The molecule has 0 spiro atoms. The summed E-state index contributed by atoms with van der Waals surface area (Å²) in [7, 11) is 0. The molecule has 0 fully saturated rings. The molecule has 0 aliphatic heterocycles. The zero-order valence-electron chi connectivity index (χ0n) is 18.3. The van der Waals surface area contributed by atoms with Gasteiger partial charge in [0.2, 0.25) is 5.91 Å². The number of nitrogens with one attached hydrogen (secondary N) is 1.